The fourth-order valence-corrected chi connectivity index (χ4v) is 1.40. The molecule has 96 valence electrons. The van der Waals surface area contributed by atoms with Gasteiger partial charge in [-0.25, -0.2) is 0 Å². The van der Waals surface area contributed by atoms with Crippen molar-refractivity contribution in [2.75, 3.05) is 24.3 Å². The summed E-state index contributed by atoms with van der Waals surface area (Å²) in [5, 5.41) is 29.4. The third kappa shape index (κ3) is 2.62. The van der Waals surface area contributed by atoms with Crippen LogP contribution in [0.15, 0.2) is 18.2 Å². The standard InChI is InChI=1S/C11H15N5O2/c1-16(2)11-13-10(14-15-11)12-6-7-3-4-8(17)9(18)5-7/h3-5,17-18H,6H2,1-2H3,(H2,12,13,14,15). The summed E-state index contributed by atoms with van der Waals surface area (Å²) in [6.45, 7) is 0.468. The Morgan fingerprint density at radius 1 is 1.22 bits per heavy atom. The van der Waals surface area contributed by atoms with Crippen molar-refractivity contribution >= 4 is 11.9 Å². The first kappa shape index (κ1) is 12.0. The average molecular weight is 249 g/mol. The van der Waals surface area contributed by atoms with Crippen LogP contribution >= 0.6 is 0 Å². The quantitative estimate of drug-likeness (QED) is 0.601. The Bertz CT molecular complexity index is 538. The minimum atomic E-state index is -0.138. The normalized spacial score (nSPS) is 10.3. The Morgan fingerprint density at radius 3 is 2.61 bits per heavy atom. The van der Waals surface area contributed by atoms with Gasteiger partial charge in [0.25, 0.3) is 0 Å². The summed E-state index contributed by atoms with van der Waals surface area (Å²) in [5.74, 6) is 0.937. The molecule has 1 aromatic heterocycles. The first-order chi connectivity index (χ1) is 8.56. The Balaban J connectivity index is 2.00. The van der Waals surface area contributed by atoms with E-state index in [1.54, 1.807) is 6.07 Å². The molecule has 1 heterocycles. The molecule has 0 radical (unpaired) electrons. The van der Waals surface area contributed by atoms with Crippen LogP contribution in [0.25, 0.3) is 0 Å². The maximum absolute atomic E-state index is 9.35. The minimum absolute atomic E-state index is 0.131. The molecule has 4 N–H and O–H groups in total. The minimum Gasteiger partial charge on any atom is -0.504 e. The van der Waals surface area contributed by atoms with Crippen molar-refractivity contribution in [3.8, 4) is 11.5 Å². The van der Waals surface area contributed by atoms with Crippen LogP contribution in [0, 0.1) is 0 Å². The van der Waals surface area contributed by atoms with Crippen molar-refractivity contribution in [2.24, 2.45) is 0 Å². The Morgan fingerprint density at radius 2 is 2.00 bits per heavy atom. The highest BCUT2D eigenvalue weighted by atomic mass is 16.3. The largest absolute Gasteiger partial charge is 0.504 e. The van der Waals surface area contributed by atoms with Gasteiger partial charge in [0.15, 0.2) is 11.5 Å². The van der Waals surface area contributed by atoms with Gasteiger partial charge in [0.2, 0.25) is 11.9 Å². The molecule has 7 nitrogen and oxygen atoms in total. The van der Waals surface area contributed by atoms with E-state index in [-0.39, 0.29) is 11.5 Å². The summed E-state index contributed by atoms with van der Waals surface area (Å²) in [7, 11) is 3.73. The molecule has 0 fully saturated rings. The van der Waals surface area contributed by atoms with Gasteiger partial charge in [-0.2, -0.15) is 0 Å². The van der Waals surface area contributed by atoms with Crippen LogP contribution in [0.4, 0.5) is 11.9 Å². The molecule has 0 aliphatic rings. The van der Waals surface area contributed by atoms with Crippen LogP contribution in [0.5, 0.6) is 11.5 Å². The van der Waals surface area contributed by atoms with Gasteiger partial charge in [-0.05, 0) is 17.7 Å². The van der Waals surface area contributed by atoms with E-state index in [0.29, 0.717) is 18.4 Å². The summed E-state index contributed by atoms with van der Waals surface area (Å²) >= 11 is 0. The molecule has 7 heteroatoms. The zero-order chi connectivity index (χ0) is 13.1. The topological polar surface area (TPSA) is 97.3 Å². The highest BCUT2D eigenvalue weighted by Gasteiger charge is 2.04. The van der Waals surface area contributed by atoms with E-state index in [9.17, 15) is 10.2 Å². The molecular formula is C11H15N5O2. The predicted molar refractivity (Wildman–Crippen MR) is 67.8 cm³/mol. The molecule has 18 heavy (non-hydrogen) atoms. The number of aromatic amines is 1. The molecular weight excluding hydrogens is 234 g/mol. The monoisotopic (exact) mass is 249 g/mol. The van der Waals surface area contributed by atoms with Gasteiger partial charge in [-0.1, -0.05) is 6.07 Å². The Kier molecular flexibility index (Phi) is 3.22. The number of nitrogens with zero attached hydrogens (tertiary/aromatic N) is 3. The maximum atomic E-state index is 9.35. The van der Waals surface area contributed by atoms with Crippen LogP contribution in [-0.2, 0) is 6.54 Å². The van der Waals surface area contributed by atoms with Crippen molar-refractivity contribution in [1.82, 2.24) is 15.2 Å². The molecule has 0 saturated heterocycles. The molecule has 0 saturated carbocycles. The van der Waals surface area contributed by atoms with Crippen LogP contribution in [0.3, 0.4) is 0 Å². The number of rotatable bonds is 4. The second-order valence-corrected chi connectivity index (χ2v) is 4.07. The fraction of sp³-hybridized carbons (Fsp3) is 0.273. The number of H-pyrrole nitrogens is 1. The number of hydrogen-bond acceptors (Lipinski definition) is 6. The molecule has 0 aliphatic carbocycles. The molecule has 0 unspecified atom stereocenters. The molecule has 0 aliphatic heterocycles. The van der Waals surface area contributed by atoms with E-state index < -0.39 is 0 Å². The van der Waals surface area contributed by atoms with Gasteiger partial charge in [-0.3, -0.25) is 4.98 Å². The maximum Gasteiger partial charge on any atom is 0.225 e. The van der Waals surface area contributed by atoms with Crippen molar-refractivity contribution in [2.45, 2.75) is 6.54 Å². The molecule has 0 spiro atoms. The lowest BCUT2D eigenvalue weighted by molar-refractivity contribution is 0.403. The van der Waals surface area contributed by atoms with Gasteiger partial charge >= 0.3 is 0 Å². The van der Waals surface area contributed by atoms with Gasteiger partial charge < -0.3 is 20.4 Å². The summed E-state index contributed by atoms with van der Waals surface area (Å²) in [4.78, 5) is 4.80. The third-order valence-corrected chi connectivity index (χ3v) is 2.40. The fourth-order valence-electron chi connectivity index (χ4n) is 1.40. The van der Waals surface area contributed by atoms with Crippen LogP contribution < -0.4 is 10.2 Å². The number of aromatic nitrogens is 3. The van der Waals surface area contributed by atoms with Crippen molar-refractivity contribution in [1.29, 1.82) is 0 Å². The van der Waals surface area contributed by atoms with E-state index in [1.165, 1.54) is 12.1 Å². The molecule has 1 aromatic carbocycles. The summed E-state index contributed by atoms with van der Waals surface area (Å²) < 4.78 is 0. The number of anilines is 2. The average Bonchev–Trinajstić information content (AvgIpc) is 2.79. The molecule has 2 rings (SSSR count). The number of aromatic hydroxyl groups is 2. The van der Waals surface area contributed by atoms with E-state index in [1.807, 2.05) is 19.0 Å². The molecule has 0 amide bonds. The predicted octanol–water partition coefficient (Wildman–Crippen LogP) is 0.894. The van der Waals surface area contributed by atoms with Crippen LogP contribution in [0.1, 0.15) is 5.56 Å². The second-order valence-electron chi connectivity index (χ2n) is 4.07. The molecule has 2 aromatic rings. The summed E-state index contributed by atoms with van der Waals surface area (Å²) in [5.41, 5.74) is 0.827. The molecule has 0 atom stereocenters. The van der Waals surface area contributed by atoms with E-state index in [4.69, 9.17) is 0 Å². The van der Waals surface area contributed by atoms with Gasteiger partial charge in [-0.15, -0.1) is 10.2 Å². The summed E-state index contributed by atoms with van der Waals surface area (Å²) in [6.07, 6.45) is 0. The first-order valence-electron chi connectivity index (χ1n) is 5.41. The van der Waals surface area contributed by atoms with Crippen LogP contribution in [0.2, 0.25) is 0 Å². The smallest absolute Gasteiger partial charge is 0.225 e. The van der Waals surface area contributed by atoms with E-state index >= 15 is 0 Å². The zero-order valence-electron chi connectivity index (χ0n) is 10.2. The number of hydrogen-bond donors (Lipinski definition) is 4. The van der Waals surface area contributed by atoms with E-state index in [0.717, 1.165) is 5.56 Å². The lowest BCUT2D eigenvalue weighted by atomic mass is 10.2. The lowest BCUT2D eigenvalue weighted by Crippen LogP contribution is -2.10. The van der Waals surface area contributed by atoms with Crippen molar-refractivity contribution < 1.29 is 10.2 Å². The third-order valence-electron chi connectivity index (χ3n) is 2.40. The van der Waals surface area contributed by atoms with Gasteiger partial charge in [0, 0.05) is 20.6 Å². The van der Waals surface area contributed by atoms with Crippen LogP contribution in [-0.4, -0.2) is 39.5 Å². The number of phenols is 2. The van der Waals surface area contributed by atoms with E-state index in [2.05, 4.69) is 20.5 Å². The highest BCUT2D eigenvalue weighted by Crippen LogP contribution is 2.25. The number of benzene rings is 1. The second kappa shape index (κ2) is 4.82. The summed E-state index contributed by atoms with van der Waals surface area (Å²) in [6, 6.07) is 4.65. The Hall–Kier alpha value is -2.44. The van der Waals surface area contributed by atoms with Crippen molar-refractivity contribution in [3.63, 3.8) is 0 Å². The lowest BCUT2D eigenvalue weighted by Gasteiger charge is -2.06. The number of phenolic OH excluding ortho intramolecular Hbond substituents is 2. The SMILES string of the molecule is CN(C)c1nnc(NCc2ccc(O)c(O)c2)[nH]1. The van der Waals surface area contributed by atoms with Gasteiger partial charge in [0.05, 0.1) is 0 Å². The number of nitrogens with one attached hydrogen (secondary N) is 2. The first-order valence-corrected chi connectivity index (χ1v) is 5.41. The highest BCUT2D eigenvalue weighted by molar-refractivity contribution is 5.42. The Labute approximate surface area is 104 Å². The van der Waals surface area contributed by atoms with Crippen molar-refractivity contribution in [3.05, 3.63) is 23.8 Å². The van der Waals surface area contributed by atoms with Gasteiger partial charge in [0.1, 0.15) is 0 Å². The zero-order valence-corrected chi connectivity index (χ0v) is 10.2. The molecule has 0 bridgehead atoms.